The molecule has 0 aromatic rings. The minimum atomic E-state index is -0.880. The molecule has 0 unspecified atom stereocenters. The third-order valence-corrected chi connectivity index (χ3v) is 12.2. The minimum Gasteiger partial charge on any atom is -0.378 e. The van der Waals surface area contributed by atoms with E-state index >= 15 is 4.39 Å². The van der Waals surface area contributed by atoms with Crippen LogP contribution >= 0.6 is 0 Å². The van der Waals surface area contributed by atoms with Gasteiger partial charge in [-0.2, -0.15) is 0 Å². The van der Waals surface area contributed by atoms with E-state index in [1.807, 2.05) is 0 Å². The second-order valence-electron chi connectivity index (χ2n) is 14.2. The summed E-state index contributed by atoms with van der Waals surface area (Å²) in [6.45, 7) is 6.26. The topological polar surface area (TPSA) is 35.5 Å². The Bertz CT molecular complexity index is 675. The van der Waals surface area contributed by atoms with Crippen LogP contribution in [0.15, 0.2) is 0 Å². The first-order valence-electron chi connectivity index (χ1n) is 16.9. The molecule has 5 fully saturated rings. The average Bonchev–Trinajstić information content (AvgIpc) is 2.98. The SMILES string of the molecule is CCCCO[C@H]1CC[C@H](C2CCC3(CC2)C(=O)C2(CCC([C@H]4CC[C@H](OCCCC)CC4)CC2)C3F)CC1. The molecule has 0 atom stereocenters. The summed E-state index contributed by atoms with van der Waals surface area (Å²) in [4.78, 5) is 13.8. The molecule has 5 rings (SSSR count). The smallest absolute Gasteiger partial charge is 0.151 e. The fourth-order valence-electron chi connectivity index (χ4n) is 9.63. The van der Waals surface area contributed by atoms with Crippen molar-refractivity contribution in [3.8, 4) is 0 Å². The highest BCUT2D eigenvalue weighted by atomic mass is 19.1. The van der Waals surface area contributed by atoms with Crippen molar-refractivity contribution >= 4 is 5.78 Å². The van der Waals surface area contributed by atoms with Crippen LogP contribution in [0.25, 0.3) is 0 Å². The van der Waals surface area contributed by atoms with E-state index in [1.165, 1.54) is 77.0 Å². The molecule has 4 heteroatoms. The van der Waals surface area contributed by atoms with Gasteiger partial charge in [-0.15, -0.1) is 0 Å². The van der Waals surface area contributed by atoms with E-state index in [1.54, 1.807) is 0 Å². The van der Waals surface area contributed by atoms with Gasteiger partial charge in [-0.3, -0.25) is 4.79 Å². The Morgan fingerprint density at radius 3 is 1.26 bits per heavy atom. The van der Waals surface area contributed by atoms with Crippen LogP contribution in [-0.4, -0.2) is 37.4 Å². The van der Waals surface area contributed by atoms with Crippen molar-refractivity contribution in [3.05, 3.63) is 0 Å². The van der Waals surface area contributed by atoms with Gasteiger partial charge in [-0.1, -0.05) is 26.7 Å². The Morgan fingerprint density at radius 2 is 0.947 bits per heavy atom. The molecule has 0 N–H and O–H groups in total. The number of carbonyl (C=O) groups excluding carboxylic acids is 1. The lowest BCUT2D eigenvalue weighted by atomic mass is 9.41. The van der Waals surface area contributed by atoms with Crippen LogP contribution in [0, 0.1) is 34.5 Å². The number of hydrogen-bond acceptors (Lipinski definition) is 3. The second-order valence-corrected chi connectivity index (χ2v) is 14.2. The van der Waals surface area contributed by atoms with Gasteiger partial charge >= 0.3 is 0 Å². The van der Waals surface area contributed by atoms with E-state index in [9.17, 15) is 4.79 Å². The molecule has 0 heterocycles. The van der Waals surface area contributed by atoms with Crippen LogP contribution in [-0.2, 0) is 14.3 Å². The fraction of sp³-hybridized carbons (Fsp3) is 0.971. The monoisotopic (exact) mass is 532 g/mol. The summed E-state index contributed by atoms with van der Waals surface area (Å²) in [6.07, 6.45) is 22.1. The first kappa shape index (κ1) is 29.0. The molecule has 5 saturated carbocycles. The maximum atomic E-state index is 16.1. The van der Waals surface area contributed by atoms with Gasteiger partial charge in [0.1, 0.15) is 6.17 Å². The third-order valence-electron chi connectivity index (χ3n) is 12.2. The van der Waals surface area contributed by atoms with Gasteiger partial charge < -0.3 is 9.47 Å². The highest BCUT2D eigenvalue weighted by Gasteiger charge is 2.71. The molecule has 0 aliphatic heterocycles. The third kappa shape index (κ3) is 5.79. The number of halogens is 1. The van der Waals surface area contributed by atoms with Crippen molar-refractivity contribution < 1.29 is 18.7 Å². The molecule has 0 bridgehead atoms. The van der Waals surface area contributed by atoms with Gasteiger partial charge in [0.25, 0.3) is 0 Å². The first-order chi connectivity index (χ1) is 18.5. The summed E-state index contributed by atoms with van der Waals surface area (Å²) in [5, 5.41) is 0. The van der Waals surface area contributed by atoms with Gasteiger partial charge in [0.15, 0.2) is 5.78 Å². The molecule has 3 nitrogen and oxygen atoms in total. The van der Waals surface area contributed by atoms with E-state index in [2.05, 4.69) is 13.8 Å². The summed E-state index contributed by atoms with van der Waals surface area (Å²) in [5.74, 6) is 3.28. The average molecular weight is 533 g/mol. The number of alkyl halides is 1. The van der Waals surface area contributed by atoms with Crippen molar-refractivity contribution in [2.24, 2.45) is 34.5 Å². The lowest BCUT2D eigenvalue weighted by Gasteiger charge is -2.62. The van der Waals surface area contributed by atoms with Crippen molar-refractivity contribution in [1.29, 1.82) is 0 Å². The van der Waals surface area contributed by atoms with Crippen molar-refractivity contribution in [2.45, 2.75) is 161 Å². The van der Waals surface area contributed by atoms with Crippen LogP contribution < -0.4 is 0 Å². The summed E-state index contributed by atoms with van der Waals surface area (Å²) in [6, 6.07) is 0. The Labute approximate surface area is 232 Å². The highest BCUT2D eigenvalue weighted by Crippen LogP contribution is 2.66. The summed E-state index contributed by atoms with van der Waals surface area (Å²) in [5.41, 5.74) is -1.23. The summed E-state index contributed by atoms with van der Waals surface area (Å²) >= 11 is 0. The number of ether oxygens (including phenoxy) is 2. The number of Topliss-reactive ketones (excluding diaryl/α,β-unsaturated/α-hetero) is 1. The molecule has 38 heavy (non-hydrogen) atoms. The lowest BCUT2D eigenvalue weighted by Crippen LogP contribution is -2.69. The molecule has 5 aliphatic carbocycles. The van der Waals surface area contributed by atoms with Crippen molar-refractivity contribution in [3.63, 3.8) is 0 Å². The molecule has 0 radical (unpaired) electrons. The Morgan fingerprint density at radius 1 is 0.605 bits per heavy atom. The highest BCUT2D eigenvalue weighted by molar-refractivity contribution is 5.98. The predicted molar refractivity (Wildman–Crippen MR) is 152 cm³/mol. The zero-order valence-corrected chi connectivity index (χ0v) is 24.7. The van der Waals surface area contributed by atoms with E-state index < -0.39 is 17.0 Å². The molecule has 0 aromatic carbocycles. The normalized spacial score (nSPS) is 43.9. The zero-order chi connectivity index (χ0) is 26.6. The summed E-state index contributed by atoms with van der Waals surface area (Å²) in [7, 11) is 0. The van der Waals surface area contributed by atoms with Gasteiger partial charge in [-0.25, -0.2) is 4.39 Å². The number of ketones is 1. The molecular formula is C34H57FO3. The van der Waals surface area contributed by atoms with Crippen molar-refractivity contribution in [2.75, 3.05) is 13.2 Å². The molecule has 0 saturated heterocycles. The number of carbonyl (C=O) groups is 1. The molecule has 5 aliphatic rings. The van der Waals surface area contributed by atoms with Crippen LogP contribution in [0.2, 0.25) is 0 Å². The maximum Gasteiger partial charge on any atom is 0.151 e. The fourth-order valence-corrected chi connectivity index (χ4v) is 9.63. The largest absolute Gasteiger partial charge is 0.378 e. The number of hydrogen-bond donors (Lipinski definition) is 0. The first-order valence-corrected chi connectivity index (χ1v) is 16.9. The predicted octanol–water partition coefficient (Wildman–Crippen LogP) is 9.01. The minimum absolute atomic E-state index is 0.343. The van der Waals surface area contributed by atoms with Crippen molar-refractivity contribution in [1.82, 2.24) is 0 Å². The van der Waals surface area contributed by atoms with E-state index in [0.717, 1.165) is 76.4 Å². The quantitative estimate of drug-likeness (QED) is 0.263. The molecule has 0 aromatic heterocycles. The lowest BCUT2D eigenvalue weighted by molar-refractivity contribution is -0.195. The van der Waals surface area contributed by atoms with Crippen LogP contribution in [0.5, 0.6) is 0 Å². The van der Waals surface area contributed by atoms with Crippen LogP contribution in [0.1, 0.15) is 142 Å². The van der Waals surface area contributed by atoms with E-state index in [4.69, 9.17) is 9.47 Å². The van der Waals surface area contributed by atoms with Crippen LogP contribution in [0.4, 0.5) is 4.39 Å². The zero-order valence-electron chi connectivity index (χ0n) is 24.7. The Hall–Kier alpha value is -0.480. The Balaban J connectivity index is 1.04. The maximum absolute atomic E-state index is 16.1. The molecule has 2 spiro atoms. The molecular weight excluding hydrogens is 475 g/mol. The molecule has 218 valence electrons. The number of rotatable bonds is 10. The summed E-state index contributed by atoms with van der Waals surface area (Å²) < 4.78 is 28.3. The van der Waals surface area contributed by atoms with Crippen LogP contribution in [0.3, 0.4) is 0 Å². The number of unbranched alkanes of at least 4 members (excludes halogenated alkanes) is 2. The van der Waals surface area contributed by atoms with Gasteiger partial charge in [0, 0.05) is 13.2 Å². The van der Waals surface area contributed by atoms with E-state index in [0.29, 0.717) is 29.8 Å². The van der Waals surface area contributed by atoms with E-state index in [-0.39, 0.29) is 0 Å². The van der Waals surface area contributed by atoms with Gasteiger partial charge in [0.2, 0.25) is 0 Å². The molecule has 0 amide bonds. The standard InChI is InChI=1S/C34H57FO3/c1-3-5-23-37-29-11-7-25(8-12-29)27-15-19-33(20-16-27)31(35)34(32(33)36)21-17-28(18-22-34)26-9-13-30(14-10-26)38-24-6-4-2/h25-31H,3-24H2,1-2H3/t25-,26-,27?,28?,29-,30-,31?,33?,34?. The second kappa shape index (κ2) is 13.0. The van der Waals surface area contributed by atoms with Gasteiger partial charge in [0.05, 0.1) is 23.0 Å². The Kier molecular flexibility index (Phi) is 9.94. The van der Waals surface area contributed by atoms with Gasteiger partial charge in [-0.05, 0) is 139 Å².